The van der Waals surface area contributed by atoms with Crippen molar-refractivity contribution in [3.63, 3.8) is 0 Å². The van der Waals surface area contributed by atoms with E-state index in [0.717, 1.165) is 79.9 Å². The first-order valence-electron chi connectivity index (χ1n) is 13.7. The molecule has 2 saturated heterocycles. The highest BCUT2D eigenvalue weighted by molar-refractivity contribution is 7.99. The van der Waals surface area contributed by atoms with Gasteiger partial charge in [-0.2, -0.15) is 0 Å². The molecule has 0 amide bonds. The molecule has 3 aromatic rings. The number of pyridine rings is 2. The predicted octanol–water partition coefficient (Wildman–Crippen LogP) is 3.08. The van der Waals surface area contributed by atoms with Crippen LogP contribution in [0.15, 0.2) is 46.7 Å². The normalized spacial score (nSPS) is 24.8. The van der Waals surface area contributed by atoms with Crippen LogP contribution in [0, 0.1) is 11.3 Å². The van der Waals surface area contributed by atoms with Crippen LogP contribution in [0.5, 0.6) is 5.75 Å². The third-order valence-corrected chi connectivity index (χ3v) is 9.98. The van der Waals surface area contributed by atoms with E-state index >= 15 is 0 Å². The van der Waals surface area contributed by atoms with E-state index in [9.17, 15) is 0 Å². The maximum atomic E-state index is 6.72. The topological polar surface area (TPSA) is 129 Å². The van der Waals surface area contributed by atoms with E-state index in [0.29, 0.717) is 29.4 Å². The van der Waals surface area contributed by atoms with E-state index in [-0.39, 0.29) is 11.5 Å². The van der Waals surface area contributed by atoms with Gasteiger partial charge in [-0.15, -0.1) is 0 Å². The van der Waals surface area contributed by atoms with Crippen LogP contribution in [-0.2, 0) is 11.2 Å². The fourth-order valence-electron chi connectivity index (χ4n) is 6.85. The van der Waals surface area contributed by atoms with Gasteiger partial charge in [0.05, 0.1) is 23.7 Å². The third-order valence-electron chi connectivity index (χ3n) is 8.93. The van der Waals surface area contributed by atoms with Crippen LogP contribution in [-0.4, -0.2) is 65.9 Å². The van der Waals surface area contributed by atoms with Crippen molar-refractivity contribution in [2.45, 2.75) is 47.7 Å². The molecule has 204 valence electrons. The van der Waals surface area contributed by atoms with Crippen LogP contribution in [0.2, 0.25) is 0 Å². The largest absolute Gasteiger partial charge is 0.486 e. The lowest BCUT2D eigenvalue weighted by Crippen LogP contribution is -2.44. The molecule has 2 fully saturated rings. The van der Waals surface area contributed by atoms with Crippen LogP contribution in [0.3, 0.4) is 0 Å². The zero-order valence-corrected chi connectivity index (χ0v) is 22.9. The van der Waals surface area contributed by atoms with E-state index in [2.05, 4.69) is 25.8 Å². The molecule has 1 spiro atoms. The van der Waals surface area contributed by atoms with Gasteiger partial charge in [0.25, 0.3) is 0 Å². The van der Waals surface area contributed by atoms with Crippen LogP contribution >= 0.6 is 11.8 Å². The number of nitrogens with two attached hydrogens (primary N) is 2. The quantitative estimate of drug-likeness (QED) is 0.490. The molecule has 11 heteroatoms. The smallest absolute Gasteiger partial charge is 0.175 e. The molecule has 0 aromatic carbocycles. The minimum absolute atomic E-state index is 0.0356. The summed E-state index contributed by atoms with van der Waals surface area (Å²) in [6.07, 6.45) is 9.52. The van der Waals surface area contributed by atoms with Gasteiger partial charge in [0.1, 0.15) is 17.5 Å². The van der Waals surface area contributed by atoms with Crippen molar-refractivity contribution in [1.82, 2.24) is 19.9 Å². The number of methoxy groups -OCH3 is 1. The molecule has 3 aromatic heterocycles. The Hall–Kier alpha value is -3.15. The second kappa shape index (κ2) is 9.79. The van der Waals surface area contributed by atoms with E-state index in [1.54, 1.807) is 7.11 Å². The number of hydrogen-bond acceptors (Lipinski definition) is 11. The molecular formula is C28H34N8O2S. The molecule has 0 saturated carbocycles. The molecule has 1 aliphatic carbocycles. The molecule has 4 aliphatic rings. The summed E-state index contributed by atoms with van der Waals surface area (Å²) in [5.41, 5.74) is 15.6. The SMILES string of the molecule is COC[C@H]1C[C@H]2COc3c(Sc4ncc(N5CCC6(CC5)Cc5ncccc5[C@H]6N)nc4N)ccnc3N2C1. The Morgan fingerprint density at radius 1 is 1.18 bits per heavy atom. The summed E-state index contributed by atoms with van der Waals surface area (Å²) in [7, 11) is 1.76. The summed E-state index contributed by atoms with van der Waals surface area (Å²) < 4.78 is 11.6. The van der Waals surface area contributed by atoms with Crippen molar-refractivity contribution in [3.8, 4) is 5.75 Å². The number of rotatable bonds is 5. The summed E-state index contributed by atoms with van der Waals surface area (Å²) in [5, 5.41) is 0.671. The fourth-order valence-corrected chi connectivity index (χ4v) is 7.68. The van der Waals surface area contributed by atoms with Gasteiger partial charge in [0.2, 0.25) is 0 Å². The Balaban J connectivity index is 1.05. The van der Waals surface area contributed by atoms with Gasteiger partial charge < -0.3 is 30.7 Å². The van der Waals surface area contributed by atoms with Crippen molar-refractivity contribution in [3.05, 3.63) is 48.0 Å². The van der Waals surface area contributed by atoms with Gasteiger partial charge in [-0.1, -0.05) is 17.8 Å². The van der Waals surface area contributed by atoms with E-state index < -0.39 is 0 Å². The molecule has 0 unspecified atom stereocenters. The van der Waals surface area contributed by atoms with E-state index in [4.69, 9.17) is 30.9 Å². The highest BCUT2D eigenvalue weighted by atomic mass is 32.2. The lowest BCUT2D eigenvalue weighted by Gasteiger charge is -2.42. The molecule has 3 atom stereocenters. The zero-order valence-electron chi connectivity index (χ0n) is 22.1. The highest BCUT2D eigenvalue weighted by Gasteiger charge is 2.46. The monoisotopic (exact) mass is 546 g/mol. The van der Waals surface area contributed by atoms with Gasteiger partial charge in [0.15, 0.2) is 17.4 Å². The van der Waals surface area contributed by atoms with Gasteiger partial charge in [-0.3, -0.25) is 4.98 Å². The standard InChI is InChI=1S/C28H34N8O2S/c1-37-15-17-11-18-16-38-23-21(4-8-32-26(23)36(18)14-17)39-27-25(30)34-22(13-33-27)35-9-5-28(6-10-35)12-20-19(24(28)29)3-2-7-31-20/h2-4,7-8,13,17-18,24H,5-6,9-12,14-16,29H2,1H3,(H2,30,34)/t17-,18-,24+/m0/s1. The van der Waals surface area contributed by atoms with Crippen LogP contribution < -0.4 is 26.0 Å². The summed E-state index contributed by atoms with van der Waals surface area (Å²) in [6.45, 7) is 4.07. The molecule has 10 nitrogen and oxygen atoms in total. The molecule has 0 bridgehead atoms. The lowest BCUT2D eigenvalue weighted by molar-refractivity contribution is 0.157. The molecule has 39 heavy (non-hydrogen) atoms. The summed E-state index contributed by atoms with van der Waals surface area (Å²) in [6, 6.07) is 6.45. The fraction of sp³-hybridized carbons (Fsp3) is 0.500. The number of hydrogen-bond donors (Lipinski definition) is 2. The highest BCUT2D eigenvalue weighted by Crippen LogP contribution is 2.50. The first kappa shape index (κ1) is 24.9. The third kappa shape index (κ3) is 4.27. The summed E-state index contributed by atoms with van der Waals surface area (Å²) in [4.78, 5) is 24.3. The Kier molecular flexibility index (Phi) is 6.24. The van der Waals surface area contributed by atoms with E-state index in [1.807, 2.05) is 30.7 Å². The van der Waals surface area contributed by atoms with Crippen molar-refractivity contribution in [1.29, 1.82) is 0 Å². The van der Waals surface area contributed by atoms with Crippen LogP contribution in [0.25, 0.3) is 0 Å². The van der Waals surface area contributed by atoms with Crippen molar-refractivity contribution in [2.75, 3.05) is 55.5 Å². The van der Waals surface area contributed by atoms with Crippen LogP contribution in [0.4, 0.5) is 17.5 Å². The van der Waals surface area contributed by atoms with Crippen molar-refractivity contribution in [2.24, 2.45) is 17.1 Å². The predicted molar refractivity (Wildman–Crippen MR) is 150 cm³/mol. The number of anilines is 3. The Morgan fingerprint density at radius 3 is 2.85 bits per heavy atom. The second-order valence-electron chi connectivity index (χ2n) is 11.2. The number of nitrogen functional groups attached to an aromatic ring is 1. The minimum atomic E-state index is 0.0356. The average molecular weight is 547 g/mol. The second-order valence-corrected chi connectivity index (χ2v) is 12.2. The number of piperidine rings is 1. The first-order chi connectivity index (χ1) is 19.0. The number of fused-ring (bicyclic) bond motifs is 4. The zero-order chi connectivity index (χ0) is 26.6. The van der Waals surface area contributed by atoms with Crippen molar-refractivity contribution < 1.29 is 9.47 Å². The first-order valence-corrected chi connectivity index (χ1v) is 14.5. The Morgan fingerprint density at radius 2 is 2.05 bits per heavy atom. The molecule has 7 rings (SSSR count). The summed E-state index contributed by atoms with van der Waals surface area (Å²) in [5.74, 6) is 3.41. The number of ether oxygens (including phenoxy) is 2. The average Bonchev–Trinajstić information content (AvgIpc) is 3.49. The van der Waals surface area contributed by atoms with E-state index in [1.165, 1.54) is 17.3 Å². The maximum absolute atomic E-state index is 6.72. The van der Waals surface area contributed by atoms with Crippen molar-refractivity contribution >= 4 is 29.2 Å². The molecular weight excluding hydrogens is 512 g/mol. The lowest BCUT2D eigenvalue weighted by atomic mass is 9.73. The van der Waals surface area contributed by atoms with Gasteiger partial charge >= 0.3 is 0 Å². The van der Waals surface area contributed by atoms with Gasteiger partial charge in [-0.25, -0.2) is 15.0 Å². The molecule has 3 aliphatic heterocycles. The van der Waals surface area contributed by atoms with Crippen LogP contribution in [0.1, 0.15) is 36.6 Å². The molecule has 6 heterocycles. The minimum Gasteiger partial charge on any atom is -0.486 e. The molecule has 4 N–H and O–H groups in total. The van der Waals surface area contributed by atoms with Gasteiger partial charge in [-0.05, 0) is 48.8 Å². The number of nitrogens with zero attached hydrogens (tertiary/aromatic N) is 6. The Bertz CT molecular complexity index is 1380. The summed E-state index contributed by atoms with van der Waals surface area (Å²) >= 11 is 1.48. The maximum Gasteiger partial charge on any atom is 0.175 e. The number of aromatic nitrogens is 4. The Labute approximate surface area is 232 Å². The van der Waals surface area contributed by atoms with Gasteiger partial charge in [0, 0.05) is 56.8 Å². The molecule has 0 radical (unpaired) electrons.